The number of para-hydroxylation sites is 1. The number of carboxylic acid groups (broad SMARTS) is 2. The van der Waals surface area contributed by atoms with Crippen molar-refractivity contribution in [2.24, 2.45) is 7.05 Å². The van der Waals surface area contributed by atoms with E-state index in [0.717, 1.165) is 11.4 Å². The fraction of sp³-hybridized carbons (Fsp3) is 0.0556. The molecule has 2 aromatic heterocycles. The van der Waals surface area contributed by atoms with Gasteiger partial charge in [0.25, 0.3) is 0 Å². The second-order valence-electron chi connectivity index (χ2n) is 5.04. The number of hydrogen-bond acceptors (Lipinski definition) is 4. The first-order chi connectivity index (χ1) is 12.0. The zero-order valence-electron chi connectivity index (χ0n) is 13.5. The molecule has 3 aromatic rings. The number of nitrogens with zero attached hydrogens (tertiary/aromatic N) is 2. The van der Waals surface area contributed by atoms with E-state index in [1.54, 1.807) is 12.4 Å². The molecule has 128 valence electrons. The molecule has 0 aliphatic carbocycles. The quantitative estimate of drug-likeness (QED) is 0.631. The van der Waals surface area contributed by atoms with Gasteiger partial charge in [-0.3, -0.25) is 4.98 Å². The smallest absolute Gasteiger partial charge is 0.328 e. The maximum Gasteiger partial charge on any atom is 0.328 e. The number of hydrogen-bond donors (Lipinski definition) is 3. The van der Waals surface area contributed by atoms with Crippen molar-refractivity contribution >= 4 is 34.2 Å². The van der Waals surface area contributed by atoms with Gasteiger partial charge in [-0.2, -0.15) is 0 Å². The number of aromatic nitrogens is 2. The predicted molar refractivity (Wildman–Crippen MR) is 94.9 cm³/mol. The highest BCUT2D eigenvalue weighted by Crippen LogP contribution is 2.27. The van der Waals surface area contributed by atoms with Crippen molar-refractivity contribution in [2.75, 3.05) is 5.32 Å². The molecule has 0 radical (unpaired) electrons. The Morgan fingerprint density at radius 2 is 1.64 bits per heavy atom. The van der Waals surface area contributed by atoms with Gasteiger partial charge in [0.15, 0.2) is 0 Å². The van der Waals surface area contributed by atoms with Gasteiger partial charge in [0.05, 0.1) is 5.69 Å². The summed E-state index contributed by atoms with van der Waals surface area (Å²) < 4.78 is 2.12. The van der Waals surface area contributed by atoms with Crippen LogP contribution in [0.2, 0.25) is 0 Å². The Morgan fingerprint density at radius 1 is 1.04 bits per heavy atom. The van der Waals surface area contributed by atoms with Crippen molar-refractivity contribution < 1.29 is 19.8 Å². The van der Waals surface area contributed by atoms with E-state index in [0.29, 0.717) is 12.2 Å². The van der Waals surface area contributed by atoms with E-state index >= 15 is 0 Å². The topological polar surface area (TPSA) is 104 Å². The van der Waals surface area contributed by atoms with Crippen molar-refractivity contribution in [2.45, 2.75) is 0 Å². The third-order valence-corrected chi connectivity index (χ3v) is 3.22. The van der Waals surface area contributed by atoms with Crippen LogP contribution in [0.3, 0.4) is 0 Å². The number of nitrogens with one attached hydrogen (secondary N) is 1. The van der Waals surface area contributed by atoms with E-state index in [1.807, 2.05) is 12.1 Å². The van der Waals surface area contributed by atoms with Crippen LogP contribution < -0.4 is 5.32 Å². The van der Waals surface area contributed by atoms with Crippen LogP contribution in [-0.2, 0) is 16.6 Å². The van der Waals surface area contributed by atoms with Crippen LogP contribution in [0, 0.1) is 0 Å². The molecule has 0 amide bonds. The van der Waals surface area contributed by atoms with Gasteiger partial charge in [0, 0.05) is 54.4 Å². The van der Waals surface area contributed by atoms with Crippen molar-refractivity contribution in [3.05, 3.63) is 67.1 Å². The Kier molecular flexibility index (Phi) is 5.89. The van der Waals surface area contributed by atoms with Gasteiger partial charge in [-0.05, 0) is 18.2 Å². The van der Waals surface area contributed by atoms with Gasteiger partial charge in [0.2, 0.25) is 0 Å². The van der Waals surface area contributed by atoms with E-state index in [1.165, 1.54) is 10.9 Å². The minimum Gasteiger partial charge on any atom is -0.478 e. The van der Waals surface area contributed by atoms with Crippen molar-refractivity contribution in [1.29, 1.82) is 0 Å². The summed E-state index contributed by atoms with van der Waals surface area (Å²) in [6, 6.07) is 12.3. The largest absolute Gasteiger partial charge is 0.478 e. The van der Waals surface area contributed by atoms with E-state index in [4.69, 9.17) is 10.2 Å². The molecule has 3 N–H and O–H groups in total. The minimum absolute atomic E-state index is 0.558. The number of aliphatic carboxylic acids is 2. The van der Waals surface area contributed by atoms with Crippen LogP contribution in [0.4, 0.5) is 11.4 Å². The highest BCUT2D eigenvalue weighted by Gasteiger charge is 2.05. The Balaban J connectivity index is 0.000000242. The molecule has 25 heavy (non-hydrogen) atoms. The molecule has 0 unspecified atom stereocenters. The Hall–Kier alpha value is -3.61. The lowest BCUT2D eigenvalue weighted by Crippen LogP contribution is -1.91. The zero-order chi connectivity index (χ0) is 18.2. The SMILES string of the molecule is Cn1cc(Nc2ccncc2)c2ccccc21.O=C(O)/C=C/C(=O)O. The zero-order valence-corrected chi connectivity index (χ0v) is 13.5. The molecule has 7 heteroatoms. The molecular formula is C18H17N3O4. The Labute approximate surface area is 143 Å². The number of rotatable bonds is 4. The minimum atomic E-state index is -1.26. The summed E-state index contributed by atoms with van der Waals surface area (Å²) in [6.07, 6.45) is 6.79. The number of carboxylic acids is 2. The van der Waals surface area contributed by atoms with Gasteiger partial charge >= 0.3 is 11.9 Å². The first kappa shape index (κ1) is 17.7. The number of benzene rings is 1. The van der Waals surface area contributed by atoms with Gasteiger partial charge < -0.3 is 20.1 Å². The van der Waals surface area contributed by atoms with E-state index in [-0.39, 0.29) is 0 Å². The molecule has 0 fully saturated rings. The molecule has 0 saturated heterocycles. The number of fused-ring (bicyclic) bond motifs is 1. The molecule has 3 rings (SSSR count). The summed E-state index contributed by atoms with van der Waals surface area (Å²) in [4.78, 5) is 23.1. The number of carbonyl (C=O) groups is 2. The number of aryl methyl sites for hydroxylation is 1. The van der Waals surface area contributed by atoms with Crippen molar-refractivity contribution in [3.63, 3.8) is 0 Å². The molecule has 7 nitrogen and oxygen atoms in total. The lowest BCUT2D eigenvalue weighted by Gasteiger charge is -2.03. The standard InChI is InChI=1S/C14H13N3.C4H4O4/c1-17-10-13(12-4-2-3-5-14(12)17)16-11-6-8-15-9-7-11;5-3(6)1-2-4(7)8/h2-10H,1H3,(H,15,16);1-2H,(H,5,6)(H,7,8)/b;2-1+. The average molecular weight is 339 g/mol. The van der Waals surface area contributed by atoms with Crippen molar-refractivity contribution in [1.82, 2.24) is 9.55 Å². The van der Waals surface area contributed by atoms with Crippen LogP contribution in [0.5, 0.6) is 0 Å². The fourth-order valence-electron chi connectivity index (χ4n) is 2.17. The summed E-state index contributed by atoms with van der Waals surface area (Å²) in [7, 11) is 2.06. The van der Waals surface area contributed by atoms with Gasteiger partial charge in [-0.25, -0.2) is 9.59 Å². The Bertz CT molecular complexity index is 885. The first-order valence-electron chi connectivity index (χ1n) is 7.32. The van der Waals surface area contributed by atoms with E-state index < -0.39 is 11.9 Å². The highest BCUT2D eigenvalue weighted by atomic mass is 16.4. The third-order valence-electron chi connectivity index (χ3n) is 3.22. The molecule has 2 heterocycles. The first-order valence-corrected chi connectivity index (χ1v) is 7.32. The summed E-state index contributed by atoms with van der Waals surface area (Å²) in [5.74, 6) is -2.51. The molecule has 0 saturated carbocycles. The molecular weight excluding hydrogens is 322 g/mol. The summed E-state index contributed by atoms with van der Waals surface area (Å²) in [6.45, 7) is 0. The number of anilines is 2. The van der Waals surface area contributed by atoms with Crippen LogP contribution >= 0.6 is 0 Å². The molecule has 1 aromatic carbocycles. The molecule has 0 bridgehead atoms. The fourth-order valence-corrected chi connectivity index (χ4v) is 2.17. The van der Waals surface area contributed by atoms with Crippen molar-refractivity contribution in [3.8, 4) is 0 Å². The average Bonchev–Trinajstić information content (AvgIpc) is 2.91. The second-order valence-corrected chi connectivity index (χ2v) is 5.04. The molecule has 0 atom stereocenters. The van der Waals surface area contributed by atoms with Gasteiger partial charge in [-0.1, -0.05) is 18.2 Å². The summed E-state index contributed by atoms with van der Waals surface area (Å²) in [5, 5.41) is 20.3. The lowest BCUT2D eigenvalue weighted by molar-refractivity contribution is -0.134. The second kappa shape index (κ2) is 8.30. The lowest BCUT2D eigenvalue weighted by atomic mass is 10.2. The molecule has 0 spiro atoms. The molecule has 0 aliphatic heterocycles. The normalized spacial score (nSPS) is 10.3. The molecule has 0 aliphatic rings. The van der Waals surface area contributed by atoms with Crippen LogP contribution in [-0.4, -0.2) is 31.7 Å². The summed E-state index contributed by atoms with van der Waals surface area (Å²) >= 11 is 0. The van der Waals surface area contributed by atoms with Crippen LogP contribution in [0.1, 0.15) is 0 Å². The third kappa shape index (κ3) is 5.21. The maximum absolute atomic E-state index is 9.55. The van der Waals surface area contributed by atoms with Gasteiger partial charge in [-0.15, -0.1) is 0 Å². The van der Waals surface area contributed by atoms with E-state index in [9.17, 15) is 9.59 Å². The number of pyridine rings is 1. The maximum atomic E-state index is 9.55. The monoisotopic (exact) mass is 339 g/mol. The van der Waals surface area contributed by atoms with Crippen LogP contribution in [0.15, 0.2) is 67.1 Å². The predicted octanol–water partition coefficient (Wildman–Crippen LogP) is 3.03. The Morgan fingerprint density at radius 3 is 2.24 bits per heavy atom. The van der Waals surface area contributed by atoms with Gasteiger partial charge in [0.1, 0.15) is 0 Å². The summed E-state index contributed by atoms with van der Waals surface area (Å²) in [5.41, 5.74) is 3.40. The highest BCUT2D eigenvalue weighted by molar-refractivity contribution is 5.94. The van der Waals surface area contributed by atoms with E-state index in [2.05, 4.69) is 52.4 Å². The van der Waals surface area contributed by atoms with Crippen LogP contribution in [0.25, 0.3) is 10.9 Å².